The van der Waals surface area contributed by atoms with Crippen molar-refractivity contribution in [3.63, 3.8) is 0 Å². The van der Waals surface area contributed by atoms with Gasteiger partial charge in [0.15, 0.2) is 0 Å². The van der Waals surface area contributed by atoms with Gasteiger partial charge in [0.1, 0.15) is 6.10 Å². The van der Waals surface area contributed by atoms with Gasteiger partial charge >= 0.3 is 5.97 Å². The molecule has 1 aromatic rings. The minimum atomic E-state index is -0.490. The Kier molecular flexibility index (Phi) is 5.19. The highest BCUT2D eigenvalue weighted by molar-refractivity contribution is 6.02. The molecule has 3 rings (SSSR count). The number of oxime groups is 1. The predicted octanol–water partition coefficient (Wildman–Crippen LogP) is 2.81. The fourth-order valence-electron chi connectivity index (χ4n) is 3.71. The normalized spacial score (nSPS) is 26.6. The molecule has 0 saturated carbocycles. The molecule has 0 spiro atoms. The van der Waals surface area contributed by atoms with Crippen LogP contribution in [0.2, 0.25) is 0 Å². The topological polar surface area (TPSA) is 59.9 Å². The second-order valence-corrected chi connectivity index (χ2v) is 6.77. The molecule has 1 saturated heterocycles. The fraction of sp³-hybridized carbons (Fsp3) is 0.579. The fourth-order valence-corrected chi connectivity index (χ4v) is 3.71. The van der Waals surface area contributed by atoms with Gasteiger partial charge in [0.25, 0.3) is 0 Å². The molecule has 1 aromatic carbocycles. The molecule has 2 heterocycles. The molecular formula is C19H26N2O3. The van der Waals surface area contributed by atoms with Gasteiger partial charge in [0, 0.05) is 24.9 Å². The Morgan fingerprint density at radius 1 is 1.46 bits per heavy atom. The summed E-state index contributed by atoms with van der Waals surface area (Å²) in [5, 5.41) is 7.64. The largest absolute Gasteiger partial charge is 0.466 e. The number of nitrogens with zero attached hydrogens (tertiary/aromatic N) is 1. The first-order chi connectivity index (χ1) is 11.6. The maximum Gasteiger partial charge on any atom is 0.313 e. The number of ether oxygens (including phenoxy) is 1. The smallest absolute Gasteiger partial charge is 0.313 e. The van der Waals surface area contributed by atoms with Gasteiger partial charge in [-0.25, -0.2) is 0 Å². The van der Waals surface area contributed by atoms with Gasteiger partial charge in [-0.05, 0) is 38.8 Å². The maximum absolute atomic E-state index is 12.6. The van der Waals surface area contributed by atoms with Crippen LogP contribution in [0, 0.1) is 12.3 Å². The molecule has 0 aliphatic carbocycles. The van der Waals surface area contributed by atoms with Crippen LogP contribution in [-0.4, -0.2) is 37.5 Å². The van der Waals surface area contributed by atoms with Gasteiger partial charge in [0.05, 0.1) is 17.7 Å². The zero-order valence-electron chi connectivity index (χ0n) is 14.5. The van der Waals surface area contributed by atoms with Crippen molar-refractivity contribution >= 4 is 11.7 Å². The Labute approximate surface area is 143 Å². The first-order valence-corrected chi connectivity index (χ1v) is 8.81. The molecule has 2 aliphatic heterocycles. The summed E-state index contributed by atoms with van der Waals surface area (Å²) in [4.78, 5) is 18.2. The summed E-state index contributed by atoms with van der Waals surface area (Å²) in [5.41, 5.74) is 2.81. The monoisotopic (exact) mass is 330 g/mol. The van der Waals surface area contributed by atoms with Crippen LogP contribution >= 0.6 is 0 Å². The van der Waals surface area contributed by atoms with Crippen molar-refractivity contribution in [1.82, 2.24) is 5.32 Å². The highest BCUT2D eigenvalue weighted by Gasteiger charge is 2.44. The molecule has 5 heteroatoms. The molecule has 2 aliphatic rings. The van der Waals surface area contributed by atoms with E-state index in [0.717, 1.165) is 37.1 Å². The lowest BCUT2D eigenvalue weighted by Gasteiger charge is -2.36. The van der Waals surface area contributed by atoms with Gasteiger partial charge in [0.2, 0.25) is 0 Å². The highest BCUT2D eigenvalue weighted by atomic mass is 16.6. The van der Waals surface area contributed by atoms with Crippen LogP contribution < -0.4 is 5.32 Å². The number of esters is 1. The number of aryl methyl sites for hydroxylation is 1. The average Bonchev–Trinajstić information content (AvgIpc) is 3.04. The second kappa shape index (κ2) is 7.34. The number of piperidine rings is 1. The van der Waals surface area contributed by atoms with Crippen molar-refractivity contribution in [3.8, 4) is 0 Å². The molecule has 0 amide bonds. The van der Waals surface area contributed by atoms with E-state index in [1.54, 1.807) is 0 Å². The number of hydrogen-bond donors (Lipinski definition) is 1. The number of carbonyl (C=O) groups excluding carboxylic acids is 1. The van der Waals surface area contributed by atoms with Crippen LogP contribution in [0.3, 0.4) is 0 Å². The molecule has 0 bridgehead atoms. The average molecular weight is 330 g/mol. The summed E-state index contributed by atoms with van der Waals surface area (Å²) in [5.74, 6) is -0.106. The Morgan fingerprint density at radius 3 is 3.00 bits per heavy atom. The standard InChI is InChI=1S/C19H26N2O3/c1-3-23-18(22)19(9-6-10-20-13-19)12-15-11-17(21-24-15)16-8-5-4-7-14(16)2/h4-5,7-8,15,20H,3,6,9-13H2,1-2H3/t15-,19+/m0/s1. The van der Waals surface area contributed by atoms with E-state index in [0.29, 0.717) is 19.6 Å². The lowest BCUT2D eigenvalue weighted by molar-refractivity contribution is -0.159. The van der Waals surface area contributed by atoms with Crippen molar-refractivity contribution in [3.05, 3.63) is 35.4 Å². The highest BCUT2D eigenvalue weighted by Crippen LogP contribution is 2.36. The Hall–Kier alpha value is -1.88. The van der Waals surface area contributed by atoms with Crippen molar-refractivity contribution in [2.45, 2.75) is 45.6 Å². The summed E-state index contributed by atoms with van der Waals surface area (Å²) < 4.78 is 5.35. The number of benzene rings is 1. The lowest BCUT2D eigenvalue weighted by atomic mass is 9.75. The summed E-state index contributed by atoms with van der Waals surface area (Å²) in [6, 6.07) is 8.19. The molecule has 130 valence electrons. The third-order valence-electron chi connectivity index (χ3n) is 4.99. The molecule has 24 heavy (non-hydrogen) atoms. The molecule has 0 aromatic heterocycles. The molecule has 1 N–H and O–H groups in total. The third-order valence-corrected chi connectivity index (χ3v) is 4.99. The van der Waals surface area contributed by atoms with Gasteiger partial charge in [-0.3, -0.25) is 4.79 Å². The summed E-state index contributed by atoms with van der Waals surface area (Å²) >= 11 is 0. The van der Waals surface area contributed by atoms with Crippen LogP contribution in [0.15, 0.2) is 29.4 Å². The zero-order chi connectivity index (χ0) is 17.0. The first kappa shape index (κ1) is 17.0. The first-order valence-electron chi connectivity index (χ1n) is 8.81. The predicted molar refractivity (Wildman–Crippen MR) is 93.0 cm³/mol. The molecule has 1 fully saturated rings. The maximum atomic E-state index is 12.6. The minimum Gasteiger partial charge on any atom is -0.466 e. The molecular weight excluding hydrogens is 304 g/mol. The number of rotatable bonds is 5. The van der Waals surface area contributed by atoms with Crippen LogP contribution in [0.4, 0.5) is 0 Å². The summed E-state index contributed by atoms with van der Waals surface area (Å²) in [6.45, 7) is 5.96. The van der Waals surface area contributed by atoms with Crippen LogP contribution in [0.1, 0.15) is 43.7 Å². The van der Waals surface area contributed by atoms with Crippen molar-refractivity contribution in [2.24, 2.45) is 10.6 Å². The SMILES string of the molecule is CCOC(=O)[C@@]1(C[C@@H]2CC(c3ccccc3C)=NO2)CCCNC1. The minimum absolute atomic E-state index is 0.0658. The van der Waals surface area contributed by atoms with E-state index in [9.17, 15) is 4.79 Å². The second-order valence-electron chi connectivity index (χ2n) is 6.77. The number of nitrogens with one attached hydrogen (secondary N) is 1. The Balaban J connectivity index is 1.69. The number of carbonyl (C=O) groups is 1. The van der Waals surface area contributed by atoms with Crippen LogP contribution in [-0.2, 0) is 14.4 Å². The van der Waals surface area contributed by atoms with E-state index < -0.39 is 5.41 Å². The molecule has 0 radical (unpaired) electrons. The zero-order valence-corrected chi connectivity index (χ0v) is 14.5. The van der Waals surface area contributed by atoms with E-state index in [1.807, 2.05) is 19.1 Å². The van der Waals surface area contributed by atoms with Crippen molar-refractivity contribution in [2.75, 3.05) is 19.7 Å². The van der Waals surface area contributed by atoms with Gasteiger partial charge in [-0.15, -0.1) is 0 Å². The third kappa shape index (κ3) is 3.46. The molecule has 5 nitrogen and oxygen atoms in total. The van der Waals surface area contributed by atoms with E-state index in [2.05, 4.69) is 29.5 Å². The summed E-state index contributed by atoms with van der Waals surface area (Å²) in [6.07, 6.45) is 3.16. The quantitative estimate of drug-likeness (QED) is 0.844. The Morgan fingerprint density at radius 2 is 2.29 bits per heavy atom. The van der Waals surface area contributed by atoms with Crippen molar-refractivity contribution in [1.29, 1.82) is 0 Å². The van der Waals surface area contributed by atoms with Gasteiger partial charge in [-0.2, -0.15) is 0 Å². The summed E-state index contributed by atoms with van der Waals surface area (Å²) in [7, 11) is 0. The molecule has 0 unspecified atom stereocenters. The van der Waals surface area contributed by atoms with E-state index in [1.165, 1.54) is 5.56 Å². The van der Waals surface area contributed by atoms with Crippen LogP contribution in [0.5, 0.6) is 0 Å². The van der Waals surface area contributed by atoms with Crippen LogP contribution in [0.25, 0.3) is 0 Å². The van der Waals surface area contributed by atoms with E-state index in [4.69, 9.17) is 9.57 Å². The Bertz CT molecular complexity index is 621. The van der Waals surface area contributed by atoms with E-state index in [-0.39, 0.29) is 12.1 Å². The number of hydrogen-bond acceptors (Lipinski definition) is 5. The lowest BCUT2D eigenvalue weighted by Crippen LogP contribution is -2.48. The van der Waals surface area contributed by atoms with Gasteiger partial charge in [-0.1, -0.05) is 29.4 Å². The van der Waals surface area contributed by atoms with Gasteiger partial charge < -0.3 is 14.9 Å². The van der Waals surface area contributed by atoms with Crippen molar-refractivity contribution < 1.29 is 14.4 Å². The molecule has 2 atom stereocenters. The van der Waals surface area contributed by atoms with E-state index >= 15 is 0 Å².